The third-order valence-electron chi connectivity index (χ3n) is 3.07. The summed E-state index contributed by atoms with van der Waals surface area (Å²) in [5.41, 5.74) is 3.91. The van der Waals surface area contributed by atoms with E-state index in [4.69, 9.17) is 4.74 Å². The number of nitrogens with zero attached hydrogens (tertiary/aromatic N) is 1. The summed E-state index contributed by atoms with van der Waals surface area (Å²) in [7, 11) is 0. The standard InChI is InChI=1S/C14H21NO/c1-9(2)7-13-14-11(5-6-16-14)12(8-15-13)10(3)4/h8-10H,5-7H2,1-4H3. The van der Waals surface area contributed by atoms with Gasteiger partial charge in [-0.1, -0.05) is 27.7 Å². The lowest BCUT2D eigenvalue weighted by molar-refractivity contribution is 0.350. The fourth-order valence-corrected chi connectivity index (χ4v) is 2.30. The molecule has 1 aliphatic heterocycles. The zero-order valence-corrected chi connectivity index (χ0v) is 10.7. The fourth-order valence-electron chi connectivity index (χ4n) is 2.30. The molecule has 0 unspecified atom stereocenters. The van der Waals surface area contributed by atoms with Gasteiger partial charge in [0.2, 0.25) is 0 Å². The van der Waals surface area contributed by atoms with Crippen molar-refractivity contribution in [3.63, 3.8) is 0 Å². The first-order chi connectivity index (χ1) is 7.59. The average Bonchev–Trinajstić information content (AvgIpc) is 2.65. The Balaban J connectivity index is 2.41. The fraction of sp³-hybridized carbons (Fsp3) is 0.643. The third-order valence-corrected chi connectivity index (χ3v) is 3.07. The van der Waals surface area contributed by atoms with Gasteiger partial charge >= 0.3 is 0 Å². The molecule has 0 spiro atoms. The minimum Gasteiger partial charge on any atom is -0.491 e. The lowest BCUT2D eigenvalue weighted by Crippen LogP contribution is -2.03. The van der Waals surface area contributed by atoms with Gasteiger partial charge in [-0.2, -0.15) is 0 Å². The second-order valence-corrected chi connectivity index (χ2v) is 5.32. The first-order valence-corrected chi connectivity index (χ1v) is 6.23. The predicted molar refractivity (Wildman–Crippen MR) is 66.1 cm³/mol. The first kappa shape index (κ1) is 11.4. The summed E-state index contributed by atoms with van der Waals surface area (Å²) in [5, 5.41) is 0. The highest BCUT2D eigenvalue weighted by molar-refractivity contribution is 5.46. The quantitative estimate of drug-likeness (QED) is 0.778. The molecule has 0 atom stereocenters. The number of rotatable bonds is 3. The second kappa shape index (κ2) is 4.44. The van der Waals surface area contributed by atoms with Crippen LogP contribution >= 0.6 is 0 Å². The summed E-state index contributed by atoms with van der Waals surface area (Å²) < 4.78 is 5.76. The van der Waals surface area contributed by atoms with Crippen LogP contribution in [0.5, 0.6) is 5.75 Å². The molecule has 0 saturated carbocycles. The van der Waals surface area contributed by atoms with Crippen LogP contribution in [0.1, 0.15) is 50.4 Å². The third kappa shape index (κ3) is 2.06. The second-order valence-electron chi connectivity index (χ2n) is 5.32. The summed E-state index contributed by atoms with van der Waals surface area (Å²) in [6.07, 6.45) is 4.12. The largest absolute Gasteiger partial charge is 0.491 e. The zero-order chi connectivity index (χ0) is 11.7. The Morgan fingerprint density at radius 1 is 1.31 bits per heavy atom. The Morgan fingerprint density at radius 3 is 2.69 bits per heavy atom. The molecule has 0 bridgehead atoms. The van der Waals surface area contributed by atoms with E-state index in [0.717, 1.165) is 30.9 Å². The van der Waals surface area contributed by atoms with E-state index in [9.17, 15) is 0 Å². The first-order valence-electron chi connectivity index (χ1n) is 6.23. The van der Waals surface area contributed by atoms with Crippen LogP contribution in [-0.2, 0) is 12.8 Å². The van der Waals surface area contributed by atoms with Crippen molar-refractivity contribution in [2.24, 2.45) is 5.92 Å². The molecule has 2 heteroatoms. The van der Waals surface area contributed by atoms with Crippen LogP contribution in [0.3, 0.4) is 0 Å². The van der Waals surface area contributed by atoms with E-state index in [0.29, 0.717) is 11.8 Å². The summed E-state index contributed by atoms with van der Waals surface area (Å²) in [6.45, 7) is 9.71. The Kier molecular flexibility index (Phi) is 3.17. The minimum atomic E-state index is 0.538. The van der Waals surface area contributed by atoms with Crippen molar-refractivity contribution in [3.05, 3.63) is 23.0 Å². The molecule has 0 radical (unpaired) electrons. The maximum Gasteiger partial charge on any atom is 0.144 e. The van der Waals surface area contributed by atoms with E-state index in [1.807, 2.05) is 0 Å². The van der Waals surface area contributed by atoms with Gasteiger partial charge in [0.25, 0.3) is 0 Å². The summed E-state index contributed by atoms with van der Waals surface area (Å²) in [5.74, 6) is 2.25. The van der Waals surface area contributed by atoms with E-state index in [1.165, 1.54) is 11.1 Å². The van der Waals surface area contributed by atoms with Gasteiger partial charge in [-0.05, 0) is 23.8 Å². The van der Waals surface area contributed by atoms with Crippen molar-refractivity contribution in [1.82, 2.24) is 4.98 Å². The van der Waals surface area contributed by atoms with Crippen molar-refractivity contribution in [3.8, 4) is 5.75 Å². The molecule has 2 heterocycles. The normalized spacial score (nSPS) is 14.4. The van der Waals surface area contributed by atoms with Crippen LogP contribution in [0.15, 0.2) is 6.20 Å². The average molecular weight is 219 g/mol. The Labute approximate surface area is 98.0 Å². The minimum absolute atomic E-state index is 0.538. The van der Waals surface area contributed by atoms with Gasteiger partial charge in [0.05, 0.1) is 12.3 Å². The SMILES string of the molecule is CC(C)Cc1ncc(C(C)C)c2c1OCC2. The highest BCUT2D eigenvalue weighted by Crippen LogP contribution is 2.35. The molecule has 0 aliphatic carbocycles. The summed E-state index contributed by atoms with van der Waals surface area (Å²) >= 11 is 0. The molecule has 0 amide bonds. The molecule has 1 aromatic heterocycles. The van der Waals surface area contributed by atoms with E-state index >= 15 is 0 Å². The van der Waals surface area contributed by atoms with Crippen molar-refractivity contribution in [2.75, 3.05) is 6.61 Å². The lowest BCUT2D eigenvalue weighted by Gasteiger charge is -2.14. The van der Waals surface area contributed by atoms with Gasteiger partial charge < -0.3 is 4.74 Å². The maximum absolute atomic E-state index is 5.76. The summed E-state index contributed by atoms with van der Waals surface area (Å²) in [6, 6.07) is 0. The van der Waals surface area contributed by atoms with E-state index < -0.39 is 0 Å². The maximum atomic E-state index is 5.76. The molecule has 0 saturated heterocycles. The van der Waals surface area contributed by atoms with Gasteiger partial charge in [-0.3, -0.25) is 4.98 Å². The zero-order valence-electron chi connectivity index (χ0n) is 10.7. The monoisotopic (exact) mass is 219 g/mol. The van der Waals surface area contributed by atoms with Gasteiger partial charge in [0.15, 0.2) is 0 Å². The number of ether oxygens (including phenoxy) is 1. The number of aromatic nitrogens is 1. The molecular weight excluding hydrogens is 198 g/mol. The van der Waals surface area contributed by atoms with Crippen molar-refractivity contribution in [2.45, 2.75) is 46.5 Å². The Morgan fingerprint density at radius 2 is 2.06 bits per heavy atom. The Hall–Kier alpha value is -1.05. The molecule has 0 aromatic carbocycles. The highest BCUT2D eigenvalue weighted by Gasteiger charge is 2.22. The molecule has 0 N–H and O–H groups in total. The smallest absolute Gasteiger partial charge is 0.144 e. The van der Waals surface area contributed by atoms with Crippen LogP contribution < -0.4 is 4.74 Å². The number of pyridine rings is 1. The summed E-state index contributed by atoms with van der Waals surface area (Å²) in [4.78, 5) is 4.59. The van der Waals surface area contributed by atoms with E-state index in [1.54, 1.807) is 0 Å². The van der Waals surface area contributed by atoms with Gasteiger partial charge in [0.1, 0.15) is 5.75 Å². The van der Waals surface area contributed by atoms with Crippen molar-refractivity contribution in [1.29, 1.82) is 0 Å². The predicted octanol–water partition coefficient (Wildman–Crippen LogP) is 3.34. The Bertz CT molecular complexity index is 383. The van der Waals surface area contributed by atoms with Gasteiger partial charge in [-0.25, -0.2) is 0 Å². The van der Waals surface area contributed by atoms with Crippen LogP contribution in [0, 0.1) is 5.92 Å². The highest BCUT2D eigenvalue weighted by atomic mass is 16.5. The molecule has 2 nitrogen and oxygen atoms in total. The van der Waals surface area contributed by atoms with Gasteiger partial charge in [-0.15, -0.1) is 0 Å². The molecule has 1 aromatic rings. The van der Waals surface area contributed by atoms with Crippen LogP contribution in [0.2, 0.25) is 0 Å². The molecule has 0 fully saturated rings. The molecule has 1 aliphatic rings. The molecular formula is C14H21NO. The molecule has 88 valence electrons. The van der Waals surface area contributed by atoms with E-state index in [2.05, 4.69) is 38.9 Å². The van der Waals surface area contributed by atoms with Gasteiger partial charge in [0, 0.05) is 18.2 Å². The molecule has 2 rings (SSSR count). The number of hydrogen-bond donors (Lipinski definition) is 0. The molecule has 16 heavy (non-hydrogen) atoms. The number of fused-ring (bicyclic) bond motifs is 1. The van der Waals surface area contributed by atoms with Crippen molar-refractivity contribution >= 4 is 0 Å². The lowest BCUT2D eigenvalue weighted by atomic mass is 9.95. The number of hydrogen-bond acceptors (Lipinski definition) is 2. The van der Waals surface area contributed by atoms with Crippen LogP contribution in [0.25, 0.3) is 0 Å². The van der Waals surface area contributed by atoms with Crippen LogP contribution in [-0.4, -0.2) is 11.6 Å². The van der Waals surface area contributed by atoms with Crippen molar-refractivity contribution < 1.29 is 4.74 Å². The topological polar surface area (TPSA) is 22.1 Å². The van der Waals surface area contributed by atoms with E-state index in [-0.39, 0.29) is 0 Å². The van der Waals surface area contributed by atoms with Crippen LogP contribution in [0.4, 0.5) is 0 Å².